The molecule has 1 aliphatic heterocycles. The molecule has 4 rings (SSSR count). The summed E-state index contributed by atoms with van der Waals surface area (Å²) in [6, 6.07) is 12.8. The van der Waals surface area contributed by atoms with E-state index in [-0.39, 0.29) is 27.6 Å². The van der Waals surface area contributed by atoms with Crippen LogP contribution in [-0.2, 0) is 11.4 Å². The second-order valence-electron chi connectivity index (χ2n) is 7.05. The molecule has 0 aliphatic carbocycles. The highest BCUT2D eigenvalue weighted by Crippen LogP contribution is 2.41. The van der Waals surface area contributed by atoms with Crippen LogP contribution in [0.4, 0.5) is 10.7 Å². The summed E-state index contributed by atoms with van der Waals surface area (Å²) in [5.41, 5.74) is 1.91. The molecule has 0 saturated carbocycles. The number of aliphatic hydroxyl groups is 1. The molecule has 0 fully saturated rings. The van der Waals surface area contributed by atoms with Crippen LogP contribution in [0.3, 0.4) is 0 Å². The number of rotatable bonds is 5. The molecule has 31 heavy (non-hydrogen) atoms. The molecule has 0 radical (unpaired) electrons. The smallest absolute Gasteiger partial charge is 0.266 e. The van der Waals surface area contributed by atoms with Crippen molar-refractivity contribution in [1.29, 1.82) is 0 Å². The quantitative estimate of drug-likeness (QED) is 0.472. The first kappa shape index (κ1) is 20.6. The van der Waals surface area contributed by atoms with Crippen LogP contribution >= 0.6 is 11.3 Å². The average molecular weight is 434 g/mol. The van der Waals surface area contributed by atoms with Gasteiger partial charge in [0, 0.05) is 28.6 Å². The molecular weight excluding hydrogens is 416 g/mol. The van der Waals surface area contributed by atoms with Gasteiger partial charge in [-0.1, -0.05) is 12.1 Å². The summed E-state index contributed by atoms with van der Waals surface area (Å²) < 4.78 is 0. The predicted octanol–water partition coefficient (Wildman–Crippen LogP) is 3.54. The van der Waals surface area contributed by atoms with Crippen LogP contribution < -0.4 is 10.2 Å². The normalized spacial score (nSPS) is 12.8. The van der Waals surface area contributed by atoms with Gasteiger partial charge in [-0.2, -0.15) is 0 Å². The number of anilines is 2. The fourth-order valence-corrected chi connectivity index (χ4v) is 4.73. The van der Waals surface area contributed by atoms with Gasteiger partial charge in [0.2, 0.25) is 5.91 Å². The molecule has 0 saturated heterocycles. The lowest BCUT2D eigenvalue weighted by molar-refractivity contribution is -0.114. The number of nitrogens with one attached hydrogen (secondary N) is 1. The van der Waals surface area contributed by atoms with Crippen LogP contribution in [-0.4, -0.2) is 28.6 Å². The van der Waals surface area contributed by atoms with E-state index in [4.69, 9.17) is 0 Å². The maximum atomic E-state index is 13.4. The summed E-state index contributed by atoms with van der Waals surface area (Å²) in [6.07, 6.45) is 0. The zero-order valence-electron chi connectivity index (χ0n) is 16.8. The van der Waals surface area contributed by atoms with Crippen molar-refractivity contribution in [1.82, 2.24) is 0 Å². The number of thiophene rings is 1. The zero-order valence-corrected chi connectivity index (χ0v) is 17.6. The van der Waals surface area contributed by atoms with Crippen molar-refractivity contribution < 1.29 is 24.3 Å². The second-order valence-corrected chi connectivity index (χ2v) is 8.26. The number of hydrogen-bond donors (Lipinski definition) is 2. The molecule has 8 heteroatoms. The van der Waals surface area contributed by atoms with Gasteiger partial charge >= 0.3 is 0 Å². The van der Waals surface area contributed by atoms with Gasteiger partial charge in [0.25, 0.3) is 11.8 Å². The van der Waals surface area contributed by atoms with E-state index in [2.05, 4.69) is 5.32 Å². The highest BCUT2D eigenvalue weighted by molar-refractivity contribution is 7.17. The van der Waals surface area contributed by atoms with Crippen molar-refractivity contribution in [3.63, 3.8) is 0 Å². The van der Waals surface area contributed by atoms with E-state index < -0.39 is 24.2 Å². The Hall–Kier alpha value is -3.62. The first-order chi connectivity index (χ1) is 14.8. The van der Waals surface area contributed by atoms with E-state index in [0.29, 0.717) is 21.7 Å². The molecule has 0 spiro atoms. The first-order valence-corrected chi connectivity index (χ1v) is 10.3. The summed E-state index contributed by atoms with van der Waals surface area (Å²) in [5, 5.41) is 12.7. The lowest BCUT2D eigenvalue weighted by Gasteiger charge is -2.15. The molecular formula is C23H18N2O5S. The highest BCUT2D eigenvalue weighted by Gasteiger charge is 2.40. The van der Waals surface area contributed by atoms with Crippen LogP contribution in [0.25, 0.3) is 0 Å². The Morgan fingerprint density at radius 2 is 1.58 bits per heavy atom. The Morgan fingerprint density at radius 3 is 2.10 bits per heavy atom. The minimum absolute atomic E-state index is 0.131. The van der Waals surface area contributed by atoms with Gasteiger partial charge in [-0.3, -0.25) is 19.2 Å². The van der Waals surface area contributed by atoms with Gasteiger partial charge < -0.3 is 10.4 Å². The Kier molecular flexibility index (Phi) is 5.26. The standard InChI is InChI=1S/C23H18N2O5S/c1-12-18(11-26)19(20(28)14-7-9-15(10-8-14)24-13(2)27)23(31-12)25-21(29)16-5-3-4-6-17(16)22(25)30/h3-10,26H,11H2,1-2H3,(H,24,27). The van der Waals surface area contributed by atoms with Gasteiger partial charge in [-0.15, -0.1) is 11.3 Å². The maximum Gasteiger partial charge on any atom is 0.266 e. The lowest BCUT2D eigenvalue weighted by Crippen LogP contribution is -2.30. The topological polar surface area (TPSA) is 104 Å². The molecule has 7 nitrogen and oxygen atoms in total. The van der Waals surface area contributed by atoms with Gasteiger partial charge in [0.15, 0.2) is 5.78 Å². The number of ketones is 1. The largest absolute Gasteiger partial charge is 0.392 e. The van der Waals surface area contributed by atoms with Crippen molar-refractivity contribution in [2.24, 2.45) is 0 Å². The number of amides is 3. The van der Waals surface area contributed by atoms with E-state index in [1.807, 2.05) is 0 Å². The van der Waals surface area contributed by atoms with E-state index >= 15 is 0 Å². The van der Waals surface area contributed by atoms with Crippen LogP contribution in [0.15, 0.2) is 48.5 Å². The third kappa shape index (κ3) is 3.45. The first-order valence-electron chi connectivity index (χ1n) is 9.46. The average Bonchev–Trinajstić information content (AvgIpc) is 3.21. The number of nitrogens with zero attached hydrogens (tertiary/aromatic N) is 1. The van der Waals surface area contributed by atoms with Crippen molar-refractivity contribution in [2.75, 3.05) is 10.2 Å². The fourth-order valence-electron chi connectivity index (χ4n) is 3.57. The predicted molar refractivity (Wildman–Crippen MR) is 117 cm³/mol. The van der Waals surface area contributed by atoms with Crippen LogP contribution in [0.5, 0.6) is 0 Å². The Morgan fingerprint density at radius 1 is 1.00 bits per heavy atom. The Labute approximate surface area is 181 Å². The minimum Gasteiger partial charge on any atom is -0.392 e. The number of imide groups is 1. The van der Waals surface area contributed by atoms with Crippen LogP contribution in [0.2, 0.25) is 0 Å². The molecule has 3 amide bonds. The van der Waals surface area contributed by atoms with Crippen molar-refractivity contribution in [2.45, 2.75) is 20.5 Å². The number of carbonyl (C=O) groups is 4. The number of carbonyl (C=O) groups excluding carboxylic acids is 4. The summed E-state index contributed by atoms with van der Waals surface area (Å²) in [7, 11) is 0. The lowest BCUT2D eigenvalue weighted by atomic mass is 10.00. The van der Waals surface area contributed by atoms with E-state index in [1.54, 1.807) is 55.5 Å². The molecule has 2 heterocycles. The number of aryl methyl sites for hydroxylation is 1. The third-order valence-electron chi connectivity index (χ3n) is 5.04. The number of hydrogen-bond acceptors (Lipinski definition) is 6. The molecule has 1 aromatic heterocycles. The second kappa shape index (κ2) is 7.90. The van der Waals surface area contributed by atoms with E-state index in [9.17, 15) is 24.3 Å². The fraction of sp³-hybridized carbons (Fsp3) is 0.130. The molecule has 1 aliphatic rings. The molecule has 0 bridgehead atoms. The molecule has 0 unspecified atom stereocenters. The number of benzene rings is 2. The van der Waals surface area contributed by atoms with Crippen LogP contribution in [0.1, 0.15) is 54.0 Å². The van der Waals surface area contributed by atoms with Crippen molar-refractivity contribution >= 4 is 45.5 Å². The van der Waals surface area contributed by atoms with E-state index in [1.165, 1.54) is 6.92 Å². The summed E-state index contributed by atoms with van der Waals surface area (Å²) in [6.45, 7) is 2.71. The molecule has 3 aromatic rings. The summed E-state index contributed by atoms with van der Waals surface area (Å²) >= 11 is 1.12. The van der Waals surface area contributed by atoms with Gasteiger partial charge in [-0.25, -0.2) is 4.90 Å². The number of fused-ring (bicyclic) bond motifs is 1. The number of aliphatic hydroxyl groups excluding tert-OH is 1. The molecule has 2 N–H and O–H groups in total. The van der Waals surface area contributed by atoms with Gasteiger partial charge in [0.1, 0.15) is 5.00 Å². The zero-order chi connectivity index (χ0) is 22.3. The molecule has 2 aromatic carbocycles. The van der Waals surface area contributed by atoms with Crippen molar-refractivity contribution in [3.05, 3.63) is 81.2 Å². The monoisotopic (exact) mass is 434 g/mol. The Balaban J connectivity index is 1.79. The van der Waals surface area contributed by atoms with Gasteiger partial charge in [-0.05, 0) is 43.3 Å². The van der Waals surface area contributed by atoms with Crippen LogP contribution in [0, 0.1) is 6.92 Å². The summed E-state index contributed by atoms with van der Waals surface area (Å²) in [5.74, 6) is -1.65. The molecule has 0 atom stereocenters. The Bertz CT molecular complexity index is 1210. The van der Waals surface area contributed by atoms with Crippen molar-refractivity contribution in [3.8, 4) is 0 Å². The maximum absolute atomic E-state index is 13.4. The highest BCUT2D eigenvalue weighted by atomic mass is 32.1. The minimum atomic E-state index is -0.499. The molecule has 156 valence electrons. The summed E-state index contributed by atoms with van der Waals surface area (Å²) in [4.78, 5) is 52.2. The third-order valence-corrected chi connectivity index (χ3v) is 6.17. The van der Waals surface area contributed by atoms with E-state index in [0.717, 1.165) is 16.2 Å². The van der Waals surface area contributed by atoms with Gasteiger partial charge in [0.05, 0.1) is 23.3 Å². The SMILES string of the molecule is CC(=O)Nc1ccc(C(=O)c2c(N3C(=O)c4ccccc4C3=O)sc(C)c2CO)cc1.